The van der Waals surface area contributed by atoms with Gasteiger partial charge in [-0.3, -0.25) is 0 Å². The van der Waals surface area contributed by atoms with Gasteiger partial charge in [-0.2, -0.15) is 0 Å². The van der Waals surface area contributed by atoms with Crippen molar-refractivity contribution in [1.82, 2.24) is 6.15 Å². The number of hydrogen-bond donors (Lipinski definition) is 1. The first kappa shape index (κ1) is 12.8. The highest BCUT2D eigenvalue weighted by atomic mass is 31.2. The van der Waals surface area contributed by atoms with E-state index in [0.717, 1.165) is 6.42 Å². The molecule has 0 heterocycles. The zero-order valence-corrected chi connectivity index (χ0v) is 8.15. The van der Waals surface area contributed by atoms with Crippen molar-refractivity contribution in [3.63, 3.8) is 0 Å². The van der Waals surface area contributed by atoms with E-state index in [4.69, 9.17) is 0 Å². The minimum absolute atomic E-state index is 0. The summed E-state index contributed by atoms with van der Waals surface area (Å²) in [6.07, 6.45) is 1.14. The van der Waals surface area contributed by atoms with Crippen LogP contribution in [0.4, 0.5) is 0 Å². The highest BCUT2D eigenvalue weighted by Crippen LogP contribution is 2.31. The van der Waals surface area contributed by atoms with Crippen LogP contribution in [0, 0.1) is 5.92 Å². The Morgan fingerprint density at radius 3 is 2.00 bits per heavy atom. The molecular weight excluding hydrogens is 149 g/mol. The SMILES string of the molecule is CC(C)CCP(C)(=O)[O-].[NH4+]. The number of quaternary nitrogens is 1. The molecule has 0 saturated carbocycles. The van der Waals surface area contributed by atoms with Gasteiger partial charge in [0.15, 0.2) is 0 Å². The molecule has 10 heavy (non-hydrogen) atoms. The van der Waals surface area contributed by atoms with Gasteiger partial charge in [0.2, 0.25) is 0 Å². The van der Waals surface area contributed by atoms with Gasteiger partial charge in [-0.05, 0) is 25.2 Å². The van der Waals surface area contributed by atoms with Crippen LogP contribution in [0.25, 0.3) is 0 Å². The Labute approximate surface area is 62.9 Å². The van der Waals surface area contributed by atoms with E-state index >= 15 is 0 Å². The summed E-state index contributed by atoms with van der Waals surface area (Å²) in [6, 6.07) is 0. The Hall–Kier alpha value is 0.150. The Kier molecular flexibility index (Phi) is 6.25. The van der Waals surface area contributed by atoms with E-state index in [1.165, 1.54) is 6.66 Å². The summed E-state index contributed by atoms with van der Waals surface area (Å²) >= 11 is 0. The average Bonchev–Trinajstić information content (AvgIpc) is 1.59. The molecule has 64 valence electrons. The summed E-state index contributed by atoms with van der Waals surface area (Å²) < 4.78 is 10.6. The molecule has 0 aliphatic carbocycles. The fraction of sp³-hybridized carbons (Fsp3) is 1.00. The summed E-state index contributed by atoms with van der Waals surface area (Å²) in [6.45, 7) is 5.35. The van der Waals surface area contributed by atoms with Crippen LogP contribution in [-0.2, 0) is 4.57 Å². The minimum atomic E-state index is -2.97. The average molecular weight is 167 g/mol. The predicted octanol–water partition coefficient (Wildman–Crippen LogP) is 1.68. The van der Waals surface area contributed by atoms with Crippen molar-refractivity contribution in [3.05, 3.63) is 0 Å². The molecule has 0 fully saturated rings. The van der Waals surface area contributed by atoms with Crippen molar-refractivity contribution in [2.75, 3.05) is 12.8 Å². The molecule has 1 unspecified atom stereocenters. The van der Waals surface area contributed by atoms with Crippen molar-refractivity contribution < 1.29 is 9.46 Å². The molecule has 0 rings (SSSR count). The van der Waals surface area contributed by atoms with E-state index in [2.05, 4.69) is 0 Å². The highest BCUT2D eigenvalue weighted by Gasteiger charge is 2.00. The smallest absolute Gasteiger partial charge is 0.0118 e. The van der Waals surface area contributed by atoms with Crippen molar-refractivity contribution in [2.24, 2.45) is 5.92 Å². The Morgan fingerprint density at radius 1 is 1.50 bits per heavy atom. The molecule has 1 atom stereocenters. The molecule has 0 aromatic heterocycles. The first-order valence-corrected chi connectivity index (χ1v) is 5.45. The van der Waals surface area contributed by atoms with Crippen LogP contribution >= 0.6 is 7.37 Å². The van der Waals surface area contributed by atoms with Crippen molar-refractivity contribution >= 4 is 7.37 Å². The van der Waals surface area contributed by atoms with E-state index in [0.29, 0.717) is 12.1 Å². The first-order valence-electron chi connectivity index (χ1n) is 3.19. The van der Waals surface area contributed by atoms with Crippen LogP contribution < -0.4 is 11.0 Å². The van der Waals surface area contributed by atoms with E-state index in [1.54, 1.807) is 0 Å². The lowest BCUT2D eigenvalue weighted by Crippen LogP contribution is -2.04. The summed E-state index contributed by atoms with van der Waals surface area (Å²) in [5.74, 6) is 0.493. The van der Waals surface area contributed by atoms with Crippen LogP contribution in [0.15, 0.2) is 0 Å². The van der Waals surface area contributed by atoms with E-state index in [9.17, 15) is 9.46 Å². The molecule has 3 nitrogen and oxygen atoms in total. The lowest BCUT2D eigenvalue weighted by Gasteiger charge is -2.17. The van der Waals surface area contributed by atoms with Gasteiger partial charge in [0, 0.05) is 7.37 Å². The van der Waals surface area contributed by atoms with Gasteiger partial charge < -0.3 is 15.6 Å². The first-order chi connectivity index (χ1) is 3.92. The van der Waals surface area contributed by atoms with Gasteiger partial charge in [0.25, 0.3) is 0 Å². The molecule has 0 aromatic rings. The van der Waals surface area contributed by atoms with Gasteiger partial charge in [-0.1, -0.05) is 13.8 Å². The van der Waals surface area contributed by atoms with Crippen LogP contribution in [0.3, 0.4) is 0 Å². The molecule has 0 aliphatic rings. The molecule has 0 saturated heterocycles. The van der Waals surface area contributed by atoms with E-state index in [1.807, 2.05) is 13.8 Å². The molecule has 0 amide bonds. The molecule has 0 aromatic carbocycles. The second kappa shape index (κ2) is 4.89. The van der Waals surface area contributed by atoms with Crippen LogP contribution in [0.5, 0.6) is 0 Å². The molecule has 0 bridgehead atoms. The monoisotopic (exact) mass is 167 g/mol. The number of rotatable bonds is 3. The second-order valence-corrected chi connectivity index (χ2v) is 5.40. The Morgan fingerprint density at radius 2 is 1.90 bits per heavy atom. The van der Waals surface area contributed by atoms with Crippen molar-refractivity contribution in [3.8, 4) is 0 Å². The van der Waals surface area contributed by atoms with E-state index in [-0.39, 0.29) is 6.15 Å². The lowest BCUT2D eigenvalue weighted by molar-refractivity contribution is -0.173. The molecule has 0 aliphatic heterocycles. The standard InChI is InChI=1S/C6H15O2P.H3N/c1-6(2)4-5-9(3,7)8;/h6H,4-5H2,1-3H3,(H,7,8);1H3. The fourth-order valence-corrected chi connectivity index (χ4v) is 1.48. The minimum Gasteiger partial charge on any atom is -0.799 e. The Balaban J connectivity index is 0. The van der Waals surface area contributed by atoms with Crippen LogP contribution in [-0.4, -0.2) is 12.8 Å². The zero-order valence-electron chi connectivity index (χ0n) is 7.26. The fourth-order valence-electron chi connectivity index (χ4n) is 0.493. The zero-order chi connectivity index (χ0) is 7.49. The van der Waals surface area contributed by atoms with Gasteiger partial charge >= 0.3 is 0 Å². The summed E-state index contributed by atoms with van der Waals surface area (Å²) in [4.78, 5) is 10.6. The highest BCUT2D eigenvalue weighted by molar-refractivity contribution is 7.55. The van der Waals surface area contributed by atoms with Crippen molar-refractivity contribution in [2.45, 2.75) is 20.3 Å². The predicted molar refractivity (Wildman–Crippen MR) is 43.8 cm³/mol. The molecule has 0 spiro atoms. The van der Waals surface area contributed by atoms with Gasteiger partial charge in [0.1, 0.15) is 0 Å². The summed E-state index contributed by atoms with van der Waals surface area (Å²) in [5, 5.41) is 0. The number of hydrogen-bond acceptors (Lipinski definition) is 2. The van der Waals surface area contributed by atoms with Crippen LogP contribution in [0.2, 0.25) is 0 Å². The maximum atomic E-state index is 10.6. The lowest BCUT2D eigenvalue weighted by atomic mass is 10.2. The second-order valence-electron chi connectivity index (χ2n) is 2.92. The third kappa shape index (κ3) is 11.0. The molecule has 4 heteroatoms. The topological polar surface area (TPSA) is 76.6 Å². The normalized spacial score (nSPS) is 16.1. The third-order valence-electron chi connectivity index (χ3n) is 1.11. The van der Waals surface area contributed by atoms with Gasteiger partial charge in [0.05, 0.1) is 0 Å². The maximum absolute atomic E-state index is 10.6. The van der Waals surface area contributed by atoms with Crippen LogP contribution in [0.1, 0.15) is 20.3 Å². The maximum Gasteiger partial charge on any atom is 0.0118 e. The van der Waals surface area contributed by atoms with Gasteiger partial charge in [-0.15, -0.1) is 0 Å². The summed E-state index contributed by atoms with van der Waals surface area (Å²) in [5.41, 5.74) is 0. The quantitative estimate of drug-likeness (QED) is 0.649. The van der Waals surface area contributed by atoms with E-state index < -0.39 is 7.37 Å². The Bertz CT molecular complexity index is 119. The largest absolute Gasteiger partial charge is 0.799 e. The molecule has 0 radical (unpaired) electrons. The third-order valence-corrected chi connectivity index (χ3v) is 2.18. The molecular formula is C6H18NO2P. The summed E-state index contributed by atoms with van der Waals surface area (Å²) in [7, 11) is -2.97. The van der Waals surface area contributed by atoms with Crippen molar-refractivity contribution in [1.29, 1.82) is 0 Å². The molecule has 4 N–H and O–H groups in total. The van der Waals surface area contributed by atoms with Gasteiger partial charge in [-0.25, -0.2) is 0 Å².